The summed E-state index contributed by atoms with van der Waals surface area (Å²) >= 11 is 0. The lowest BCUT2D eigenvalue weighted by molar-refractivity contribution is 0.151. The zero-order chi connectivity index (χ0) is 11.8. The minimum Gasteiger partial charge on any atom is -0.385 e. The predicted molar refractivity (Wildman–Crippen MR) is 59.6 cm³/mol. The van der Waals surface area contributed by atoms with Crippen LogP contribution in [-0.2, 0) is 11.3 Å². The Morgan fingerprint density at radius 1 is 1.25 bits per heavy atom. The van der Waals surface area contributed by atoms with E-state index in [4.69, 9.17) is 4.74 Å². The Balaban J connectivity index is 2.27. The van der Waals surface area contributed by atoms with E-state index < -0.39 is 6.43 Å². The fourth-order valence-corrected chi connectivity index (χ4v) is 1.36. The van der Waals surface area contributed by atoms with E-state index in [2.05, 4.69) is 5.32 Å². The van der Waals surface area contributed by atoms with Gasteiger partial charge < -0.3 is 10.1 Å². The summed E-state index contributed by atoms with van der Waals surface area (Å²) in [5.41, 5.74) is 1.09. The standard InChI is InChI=1S/C12H17F2NO/c1-16-8-2-7-15-9-10-3-5-11(6-4-10)12(13)14/h3-6,12,15H,2,7-9H2,1H3. The van der Waals surface area contributed by atoms with Crippen LogP contribution in [0.1, 0.15) is 24.0 Å². The van der Waals surface area contributed by atoms with Crippen LogP contribution in [0.5, 0.6) is 0 Å². The maximum absolute atomic E-state index is 12.3. The predicted octanol–water partition coefficient (Wildman–Crippen LogP) is 2.75. The molecule has 0 saturated carbocycles. The Morgan fingerprint density at radius 3 is 2.50 bits per heavy atom. The van der Waals surface area contributed by atoms with Crippen molar-refractivity contribution >= 4 is 0 Å². The smallest absolute Gasteiger partial charge is 0.263 e. The molecule has 0 aromatic heterocycles. The van der Waals surface area contributed by atoms with Crippen LogP contribution in [0.15, 0.2) is 24.3 Å². The normalized spacial score (nSPS) is 11.0. The highest BCUT2D eigenvalue weighted by Crippen LogP contribution is 2.18. The Hall–Kier alpha value is -1.00. The third kappa shape index (κ3) is 4.68. The second-order valence-corrected chi connectivity index (χ2v) is 3.57. The number of nitrogens with one attached hydrogen (secondary N) is 1. The maximum Gasteiger partial charge on any atom is 0.263 e. The molecule has 90 valence electrons. The molecule has 2 nitrogen and oxygen atoms in total. The van der Waals surface area contributed by atoms with E-state index in [0.29, 0.717) is 6.54 Å². The molecule has 0 unspecified atom stereocenters. The Bertz CT molecular complexity index is 288. The van der Waals surface area contributed by atoms with Gasteiger partial charge in [0.05, 0.1) is 0 Å². The van der Waals surface area contributed by atoms with Gasteiger partial charge in [0.2, 0.25) is 0 Å². The van der Waals surface area contributed by atoms with Crippen molar-refractivity contribution in [2.75, 3.05) is 20.3 Å². The maximum atomic E-state index is 12.3. The molecule has 1 N–H and O–H groups in total. The molecular weight excluding hydrogens is 212 g/mol. The lowest BCUT2D eigenvalue weighted by atomic mass is 10.1. The number of halogens is 2. The molecule has 1 rings (SSSR count). The average molecular weight is 229 g/mol. The minimum atomic E-state index is -2.39. The van der Waals surface area contributed by atoms with Crippen LogP contribution in [-0.4, -0.2) is 20.3 Å². The largest absolute Gasteiger partial charge is 0.385 e. The van der Waals surface area contributed by atoms with Crippen LogP contribution >= 0.6 is 0 Å². The van der Waals surface area contributed by atoms with Crippen LogP contribution in [0.25, 0.3) is 0 Å². The van der Waals surface area contributed by atoms with Gasteiger partial charge in [-0.05, 0) is 18.5 Å². The van der Waals surface area contributed by atoms with Crippen LogP contribution in [0.2, 0.25) is 0 Å². The van der Waals surface area contributed by atoms with E-state index in [9.17, 15) is 8.78 Å². The molecule has 0 radical (unpaired) electrons. The minimum absolute atomic E-state index is 0.0723. The van der Waals surface area contributed by atoms with Gasteiger partial charge >= 0.3 is 0 Å². The third-order valence-electron chi connectivity index (χ3n) is 2.26. The van der Waals surface area contributed by atoms with Crippen molar-refractivity contribution in [1.82, 2.24) is 5.32 Å². The van der Waals surface area contributed by atoms with Gasteiger partial charge in [-0.15, -0.1) is 0 Å². The first kappa shape index (κ1) is 13.1. The van der Waals surface area contributed by atoms with Crippen molar-refractivity contribution in [2.45, 2.75) is 19.4 Å². The van der Waals surface area contributed by atoms with E-state index in [0.717, 1.165) is 25.1 Å². The molecule has 0 aliphatic carbocycles. The highest BCUT2D eigenvalue weighted by molar-refractivity contribution is 5.23. The number of methoxy groups -OCH3 is 1. The van der Waals surface area contributed by atoms with Crippen molar-refractivity contribution < 1.29 is 13.5 Å². The number of benzene rings is 1. The summed E-state index contributed by atoms with van der Waals surface area (Å²) in [6.45, 7) is 2.30. The van der Waals surface area contributed by atoms with Gasteiger partial charge in [-0.2, -0.15) is 0 Å². The topological polar surface area (TPSA) is 21.3 Å². The van der Waals surface area contributed by atoms with Crippen LogP contribution in [0, 0.1) is 0 Å². The van der Waals surface area contributed by atoms with Crippen LogP contribution in [0.3, 0.4) is 0 Å². The molecule has 0 aliphatic rings. The number of hydrogen-bond acceptors (Lipinski definition) is 2. The first-order valence-corrected chi connectivity index (χ1v) is 5.30. The van der Waals surface area contributed by atoms with Gasteiger partial charge in [-0.3, -0.25) is 0 Å². The zero-order valence-electron chi connectivity index (χ0n) is 9.38. The Morgan fingerprint density at radius 2 is 1.94 bits per heavy atom. The van der Waals surface area contributed by atoms with Gasteiger partial charge in [0.15, 0.2) is 0 Å². The number of hydrogen-bond donors (Lipinski definition) is 1. The molecule has 0 amide bonds. The molecule has 0 aliphatic heterocycles. The molecule has 0 spiro atoms. The van der Waals surface area contributed by atoms with E-state index >= 15 is 0 Å². The second-order valence-electron chi connectivity index (χ2n) is 3.57. The van der Waals surface area contributed by atoms with Gasteiger partial charge in [0.1, 0.15) is 0 Å². The highest BCUT2D eigenvalue weighted by atomic mass is 19.3. The lowest BCUT2D eigenvalue weighted by Gasteiger charge is -2.05. The zero-order valence-corrected chi connectivity index (χ0v) is 9.38. The summed E-state index contributed by atoms with van der Waals surface area (Å²) in [7, 11) is 1.67. The summed E-state index contributed by atoms with van der Waals surface area (Å²) in [6, 6.07) is 6.39. The number of rotatable bonds is 7. The first-order valence-electron chi connectivity index (χ1n) is 5.30. The Kier molecular flexibility index (Phi) is 5.96. The van der Waals surface area contributed by atoms with E-state index in [-0.39, 0.29) is 5.56 Å². The molecule has 0 atom stereocenters. The monoisotopic (exact) mass is 229 g/mol. The van der Waals surface area contributed by atoms with Crippen LogP contribution in [0.4, 0.5) is 8.78 Å². The molecule has 0 heterocycles. The number of ether oxygens (including phenoxy) is 1. The molecule has 0 fully saturated rings. The quantitative estimate of drug-likeness (QED) is 0.726. The summed E-state index contributed by atoms with van der Waals surface area (Å²) < 4.78 is 29.4. The fraction of sp³-hybridized carbons (Fsp3) is 0.500. The Labute approximate surface area is 94.6 Å². The SMILES string of the molecule is COCCCNCc1ccc(C(F)F)cc1. The summed E-state index contributed by atoms with van der Waals surface area (Å²) in [4.78, 5) is 0. The van der Waals surface area contributed by atoms with Gasteiger partial charge in [-0.1, -0.05) is 24.3 Å². The number of alkyl halides is 2. The van der Waals surface area contributed by atoms with Crippen molar-refractivity contribution in [2.24, 2.45) is 0 Å². The van der Waals surface area contributed by atoms with Gasteiger partial charge in [-0.25, -0.2) is 8.78 Å². The van der Waals surface area contributed by atoms with E-state index in [1.807, 2.05) is 0 Å². The van der Waals surface area contributed by atoms with Crippen molar-refractivity contribution in [3.63, 3.8) is 0 Å². The van der Waals surface area contributed by atoms with Crippen molar-refractivity contribution in [1.29, 1.82) is 0 Å². The molecule has 4 heteroatoms. The summed E-state index contributed by atoms with van der Waals surface area (Å²) in [5, 5.41) is 3.22. The third-order valence-corrected chi connectivity index (χ3v) is 2.26. The summed E-state index contributed by atoms with van der Waals surface area (Å²) in [5.74, 6) is 0. The fourth-order valence-electron chi connectivity index (χ4n) is 1.36. The second kappa shape index (κ2) is 7.30. The lowest BCUT2D eigenvalue weighted by Crippen LogP contribution is -2.16. The average Bonchev–Trinajstić information content (AvgIpc) is 2.29. The van der Waals surface area contributed by atoms with Gasteiger partial charge in [0, 0.05) is 25.8 Å². The van der Waals surface area contributed by atoms with E-state index in [1.165, 1.54) is 12.1 Å². The molecule has 16 heavy (non-hydrogen) atoms. The first-order chi connectivity index (χ1) is 7.74. The molecule has 1 aromatic rings. The molecule has 1 aromatic carbocycles. The molecule has 0 bridgehead atoms. The highest BCUT2D eigenvalue weighted by Gasteiger charge is 2.05. The van der Waals surface area contributed by atoms with Crippen molar-refractivity contribution in [3.8, 4) is 0 Å². The summed E-state index contributed by atoms with van der Waals surface area (Å²) in [6.07, 6.45) is -1.44. The van der Waals surface area contributed by atoms with E-state index in [1.54, 1.807) is 19.2 Å². The van der Waals surface area contributed by atoms with Crippen molar-refractivity contribution in [3.05, 3.63) is 35.4 Å². The van der Waals surface area contributed by atoms with Crippen LogP contribution < -0.4 is 5.32 Å². The molecule has 0 saturated heterocycles. The molecular formula is C12H17F2NO. The van der Waals surface area contributed by atoms with Gasteiger partial charge in [0.25, 0.3) is 6.43 Å².